The highest BCUT2D eigenvalue weighted by molar-refractivity contribution is 6.31. The Morgan fingerprint density at radius 2 is 1.76 bits per heavy atom. The second kappa shape index (κ2) is 7.11. The molecule has 0 aromatic heterocycles. The molecule has 0 fully saturated rings. The van der Waals surface area contributed by atoms with Crippen LogP contribution in [0, 0.1) is 10.1 Å². The lowest BCUT2D eigenvalue weighted by Crippen LogP contribution is -2.28. The summed E-state index contributed by atoms with van der Waals surface area (Å²) >= 11 is 6.43. The van der Waals surface area contributed by atoms with Gasteiger partial charge in [0.25, 0.3) is 5.70 Å². The van der Waals surface area contributed by atoms with Gasteiger partial charge in [0, 0.05) is 10.7 Å². The Bertz CT molecular complexity index is 872. The zero-order valence-corrected chi connectivity index (χ0v) is 14.9. The van der Waals surface area contributed by atoms with Gasteiger partial charge >= 0.3 is 0 Å². The lowest BCUT2D eigenvalue weighted by atomic mass is 9.80. The minimum absolute atomic E-state index is 0.143. The highest BCUT2D eigenvalue weighted by Gasteiger charge is 2.39. The van der Waals surface area contributed by atoms with Crippen molar-refractivity contribution in [3.05, 3.63) is 98.0 Å². The van der Waals surface area contributed by atoms with Crippen LogP contribution < -0.4 is 5.32 Å². The molecule has 128 valence electrons. The molecule has 3 rings (SSSR count). The van der Waals surface area contributed by atoms with Gasteiger partial charge in [-0.3, -0.25) is 10.1 Å². The Morgan fingerprint density at radius 1 is 1.12 bits per heavy atom. The van der Waals surface area contributed by atoms with Crippen molar-refractivity contribution >= 4 is 17.2 Å². The van der Waals surface area contributed by atoms with Crippen molar-refractivity contribution in [2.75, 3.05) is 0 Å². The molecule has 0 spiro atoms. The fourth-order valence-corrected chi connectivity index (χ4v) is 3.62. The van der Waals surface area contributed by atoms with Crippen molar-refractivity contribution in [2.45, 2.75) is 26.2 Å². The summed E-state index contributed by atoms with van der Waals surface area (Å²) in [6, 6.07) is 17.1. The first kappa shape index (κ1) is 17.2. The minimum Gasteiger partial charge on any atom is -0.357 e. The predicted octanol–water partition coefficient (Wildman–Crippen LogP) is 5.36. The Hall–Kier alpha value is -2.59. The number of nitrogens with zero attached hydrogens (tertiary/aromatic N) is 1. The maximum absolute atomic E-state index is 11.9. The molecule has 4 nitrogen and oxygen atoms in total. The summed E-state index contributed by atoms with van der Waals surface area (Å²) in [4.78, 5) is 11.6. The first-order chi connectivity index (χ1) is 12.0. The van der Waals surface area contributed by atoms with Crippen LogP contribution in [0.3, 0.4) is 0 Å². The van der Waals surface area contributed by atoms with Gasteiger partial charge < -0.3 is 5.32 Å². The van der Waals surface area contributed by atoms with Crippen molar-refractivity contribution in [3.8, 4) is 0 Å². The third kappa shape index (κ3) is 3.17. The van der Waals surface area contributed by atoms with Crippen LogP contribution in [0.1, 0.15) is 37.3 Å². The Kier molecular flexibility index (Phi) is 4.91. The first-order valence-electron chi connectivity index (χ1n) is 8.19. The van der Waals surface area contributed by atoms with E-state index in [1.54, 1.807) is 13.0 Å². The molecule has 0 saturated heterocycles. The molecule has 1 atom stereocenters. The topological polar surface area (TPSA) is 55.2 Å². The monoisotopic (exact) mass is 354 g/mol. The van der Waals surface area contributed by atoms with Gasteiger partial charge in [-0.1, -0.05) is 67.1 Å². The van der Waals surface area contributed by atoms with Gasteiger partial charge in [0.05, 0.1) is 10.6 Å². The minimum atomic E-state index is -0.512. The largest absolute Gasteiger partial charge is 0.357 e. The average Bonchev–Trinajstić information content (AvgIpc) is 2.61. The van der Waals surface area contributed by atoms with Crippen LogP contribution in [0.4, 0.5) is 0 Å². The highest BCUT2D eigenvalue weighted by atomic mass is 35.5. The number of benzene rings is 2. The van der Waals surface area contributed by atoms with E-state index in [9.17, 15) is 10.1 Å². The molecule has 1 unspecified atom stereocenters. The van der Waals surface area contributed by atoms with Crippen molar-refractivity contribution < 1.29 is 4.92 Å². The van der Waals surface area contributed by atoms with Crippen LogP contribution in [-0.2, 0) is 0 Å². The molecule has 1 heterocycles. The number of allylic oxidation sites excluding steroid dienone is 3. The zero-order chi connectivity index (χ0) is 18.0. The maximum Gasteiger partial charge on any atom is 0.276 e. The zero-order valence-electron chi connectivity index (χ0n) is 14.1. The van der Waals surface area contributed by atoms with Gasteiger partial charge in [0.2, 0.25) is 0 Å². The Balaban J connectivity index is 2.31. The lowest BCUT2D eigenvalue weighted by molar-refractivity contribution is -0.430. The van der Waals surface area contributed by atoms with E-state index in [4.69, 9.17) is 11.6 Å². The van der Waals surface area contributed by atoms with Gasteiger partial charge in [-0.15, -0.1) is 0 Å². The van der Waals surface area contributed by atoms with Crippen LogP contribution >= 0.6 is 11.6 Å². The molecule has 5 heteroatoms. The molecular formula is C20H19ClN2O2. The smallest absolute Gasteiger partial charge is 0.276 e. The summed E-state index contributed by atoms with van der Waals surface area (Å²) in [7, 11) is 0. The SMILES string of the molecule is CCC1=C(c2ccccc2)C(c2ccccc2Cl)C([N+](=O)[O-])=C(C)N1. The van der Waals surface area contributed by atoms with Crippen molar-refractivity contribution in [1.29, 1.82) is 0 Å². The first-order valence-corrected chi connectivity index (χ1v) is 8.57. The number of rotatable bonds is 4. The molecule has 1 aliphatic rings. The molecule has 1 aliphatic heterocycles. The number of halogens is 1. The average molecular weight is 355 g/mol. The van der Waals surface area contributed by atoms with E-state index < -0.39 is 5.92 Å². The number of dihydropyridines is 1. The molecule has 0 aliphatic carbocycles. The lowest BCUT2D eigenvalue weighted by Gasteiger charge is -2.29. The molecule has 2 aromatic rings. The molecule has 25 heavy (non-hydrogen) atoms. The molecule has 0 amide bonds. The molecule has 1 N–H and O–H groups in total. The molecular weight excluding hydrogens is 336 g/mol. The number of nitrogens with one attached hydrogen (secondary N) is 1. The Labute approximate surface area is 152 Å². The maximum atomic E-state index is 11.9. The second-order valence-electron chi connectivity index (χ2n) is 5.96. The van der Waals surface area contributed by atoms with Gasteiger partial charge in [0.1, 0.15) is 5.92 Å². The Morgan fingerprint density at radius 3 is 2.36 bits per heavy atom. The van der Waals surface area contributed by atoms with Crippen molar-refractivity contribution in [3.63, 3.8) is 0 Å². The van der Waals surface area contributed by atoms with E-state index in [0.717, 1.165) is 28.8 Å². The summed E-state index contributed by atoms with van der Waals surface area (Å²) in [6.07, 6.45) is 0.744. The van der Waals surface area contributed by atoms with E-state index in [1.165, 1.54) is 0 Å². The van der Waals surface area contributed by atoms with Crippen LogP contribution in [0.15, 0.2) is 71.7 Å². The van der Waals surface area contributed by atoms with E-state index in [0.29, 0.717) is 10.7 Å². The molecule has 2 aromatic carbocycles. The quantitative estimate of drug-likeness (QED) is 0.594. The number of hydrogen-bond donors (Lipinski definition) is 1. The van der Waals surface area contributed by atoms with Crippen molar-refractivity contribution in [2.24, 2.45) is 0 Å². The van der Waals surface area contributed by atoms with E-state index in [2.05, 4.69) is 5.32 Å². The van der Waals surface area contributed by atoms with Gasteiger partial charge in [-0.2, -0.15) is 0 Å². The third-order valence-electron chi connectivity index (χ3n) is 4.46. The summed E-state index contributed by atoms with van der Waals surface area (Å²) in [5.74, 6) is -0.512. The molecule has 0 saturated carbocycles. The number of nitro groups is 1. The summed E-state index contributed by atoms with van der Waals surface area (Å²) in [6.45, 7) is 3.79. The van der Waals surface area contributed by atoms with Gasteiger partial charge in [-0.05, 0) is 36.1 Å². The van der Waals surface area contributed by atoms with Gasteiger partial charge in [-0.25, -0.2) is 0 Å². The standard InChI is InChI=1S/C20H19ClN2O2/c1-3-17-18(14-9-5-4-6-10-14)19(15-11-7-8-12-16(15)21)20(23(24)25)13(2)22-17/h4-12,19,22H,3H2,1-2H3. The normalized spacial score (nSPS) is 17.5. The van der Waals surface area contributed by atoms with Crippen LogP contribution in [0.25, 0.3) is 5.57 Å². The fourth-order valence-electron chi connectivity index (χ4n) is 3.38. The number of hydrogen-bond acceptors (Lipinski definition) is 3. The highest BCUT2D eigenvalue weighted by Crippen LogP contribution is 2.45. The van der Waals surface area contributed by atoms with E-state index in [1.807, 2.05) is 55.5 Å². The predicted molar refractivity (Wildman–Crippen MR) is 101 cm³/mol. The van der Waals surface area contributed by atoms with Gasteiger partial charge in [0.15, 0.2) is 0 Å². The van der Waals surface area contributed by atoms with Crippen molar-refractivity contribution in [1.82, 2.24) is 5.32 Å². The third-order valence-corrected chi connectivity index (χ3v) is 4.81. The summed E-state index contributed by atoms with van der Waals surface area (Å²) < 4.78 is 0. The summed E-state index contributed by atoms with van der Waals surface area (Å²) in [5.41, 5.74) is 4.31. The van der Waals surface area contributed by atoms with E-state index in [-0.39, 0.29) is 10.6 Å². The molecule has 0 bridgehead atoms. The van der Waals surface area contributed by atoms with Crippen LogP contribution in [0.2, 0.25) is 5.02 Å². The van der Waals surface area contributed by atoms with E-state index >= 15 is 0 Å². The summed E-state index contributed by atoms with van der Waals surface area (Å²) in [5, 5.41) is 15.6. The molecule has 0 radical (unpaired) electrons. The second-order valence-corrected chi connectivity index (χ2v) is 6.37. The van der Waals surface area contributed by atoms with Crippen LogP contribution in [0.5, 0.6) is 0 Å². The van der Waals surface area contributed by atoms with Crippen LogP contribution in [-0.4, -0.2) is 4.92 Å². The fraction of sp³-hybridized carbons (Fsp3) is 0.200.